The van der Waals surface area contributed by atoms with Crippen LogP contribution >= 0.6 is 0 Å². The monoisotopic (exact) mass is 368 g/mol. The Morgan fingerprint density at radius 3 is 2.60 bits per heavy atom. The van der Waals surface area contributed by atoms with Crippen molar-refractivity contribution in [3.05, 3.63) is 12.4 Å². The summed E-state index contributed by atoms with van der Waals surface area (Å²) in [5, 5.41) is 6.39. The molecular weight excluding hydrogens is 340 g/mol. The Balaban J connectivity index is 1.46. The molecule has 0 amide bonds. The molecule has 1 N–H and O–H groups in total. The Bertz CT molecular complexity index is 687. The molecule has 0 radical (unpaired) electrons. The molecule has 4 atom stereocenters. The third-order valence-corrected chi connectivity index (χ3v) is 7.87. The molecule has 0 bridgehead atoms. The van der Waals surface area contributed by atoms with Crippen molar-refractivity contribution in [2.45, 2.75) is 42.7 Å². The second-order valence-corrected chi connectivity index (χ2v) is 10.0. The van der Waals surface area contributed by atoms with Gasteiger partial charge >= 0.3 is 0 Å². The van der Waals surface area contributed by atoms with Gasteiger partial charge in [-0.25, -0.2) is 8.42 Å². The fraction of sp³-hybridized carbons (Fsp3) is 0.824. The van der Waals surface area contributed by atoms with Gasteiger partial charge in [0.25, 0.3) is 0 Å². The van der Waals surface area contributed by atoms with Crippen molar-refractivity contribution >= 4 is 10.0 Å². The number of ether oxygens (including phenoxy) is 1. The summed E-state index contributed by atoms with van der Waals surface area (Å²) < 4.78 is 33.5. The summed E-state index contributed by atoms with van der Waals surface area (Å²) in [5.74, 6) is 1.55. The first-order chi connectivity index (χ1) is 11.9. The van der Waals surface area contributed by atoms with E-state index in [-0.39, 0.29) is 11.0 Å². The van der Waals surface area contributed by atoms with Gasteiger partial charge in [0.15, 0.2) is 0 Å². The van der Waals surface area contributed by atoms with Gasteiger partial charge in [-0.1, -0.05) is 0 Å². The number of nitrogens with one attached hydrogen (secondary N) is 1. The largest absolute Gasteiger partial charge is 0.376 e. The molecule has 1 aromatic rings. The molecule has 3 aliphatic rings. The van der Waals surface area contributed by atoms with Gasteiger partial charge in [-0.15, -0.1) is 0 Å². The molecule has 0 spiro atoms. The van der Waals surface area contributed by atoms with Gasteiger partial charge in [0.2, 0.25) is 10.0 Å². The molecule has 2 aliphatic carbocycles. The third kappa shape index (κ3) is 3.49. The van der Waals surface area contributed by atoms with Gasteiger partial charge in [0.05, 0.1) is 12.3 Å². The summed E-state index contributed by atoms with van der Waals surface area (Å²) in [4.78, 5) is 2.51. The summed E-state index contributed by atoms with van der Waals surface area (Å²) in [5.41, 5.74) is 0. The summed E-state index contributed by atoms with van der Waals surface area (Å²) in [6.07, 6.45) is 7.61. The molecule has 25 heavy (non-hydrogen) atoms. The van der Waals surface area contributed by atoms with Gasteiger partial charge < -0.3 is 9.64 Å². The molecule has 0 unspecified atom stereocenters. The Morgan fingerprint density at radius 2 is 2.00 bits per heavy atom. The Kier molecular flexibility index (Phi) is 4.64. The zero-order valence-electron chi connectivity index (χ0n) is 15.0. The molecule has 7 nitrogen and oxygen atoms in total. The van der Waals surface area contributed by atoms with E-state index in [4.69, 9.17) is 4.74 Å². The number of fused-ring (bicyclic) bond motifs is 1. The second kappa shape index (κ2) is 6.64. The third-order valence-electron chi connectivity index (χ3n) is 6.07. The normalized spacial score (nSPS) is 33.7. The first kappa shape index (κ1) is 17.5. The van der Waals surface area contributed by atoms with Gasteiger partial charge in [0, 0.05) is 31.9 Å². The highest BCUT2D eigenvalue weighted by atomic mass is 32.2. The maximum atomic E-state index is 12.8. The minimum Gasteiger partial charge on any atom is -0.376 e. The molecule has 0 aromatic carbocycles. The zero-order chi connectivity index (χ0) is 17.6. The average molecular weight is 369 g/mol. The minimum absolute atomic E-state index is 0.216. The van der Waals surface area contributed by atoms with Crippen LogP contribution in [-0.2, 0) is 14.8 Å². The lowest BCUT2D eigenvalue weighted by molar-refractivity contribution is -0.0493. The van der Waals surface area contributed by atoms with Crippen LogP contribution in [0.2, 0.25) is 0 Å². The average Bonchev–Trinajstić information content (AvgIpc) is 3.07. The van der Waals surface area contributed by atoms with E-state index < -0.39 is 10.0 Å². The van der Waals surface area contributed by atoms with Crippen LogP contribution in [0.1, 0.15) is 25.7 Å². The quantitative estimate of drug-likeness (QED) is 0.815. The van der Waals surface area contributed by atoms with Gasteiger partial charge in [0.1, 0.15) is 4.90 Å². The van der Waals surface area contributed by atoms with E-state index >= 15 is 0 Å². The van der Waals surface area contributed by atoms with Crippen molar-refractivity contribution in [3.8, 4) is 0 Å². The SMILES string of the molecule is CN(C)[C@@H]1C[C@@H]2CN(S(=O)(=O)c3cn[nH]c3)C[C@@H]2C[C@H]1OCC1CC1. The zero-order valence-corrected chi connectivity index (χ0v) is 15.8. The Morgan fingerprint density at radius 1 is 1.28 bits per heavy atom. The summed E-state index contributed by atoms with van der Waals surface area (Å²) in [7, 11) is 0.770. The minimum atomic E-state index is -3.44. The summed E-state index contributed by atoms with van der Waals surface area (Å²) in [6.45, 7) is 2.07. The van der Waals surface area contributed by atoms with Crippen LogP contribution in [-0.4, -0.2) is 73.8 Å². The topological polar surface area (TPSA) is 78.5 Å². The van der Waals surface area contributed by atoms with Crippen LogP contribution in [0, 0.1) is 17.8 Å². The van der Waals surface area contributed by atoms with E-state index in [9.17, 15) is 8.42 Å². The highest BCUT2D eigenvalue weighted by Crippen LogP contribution is 2.41. The lowest BCUT2D eigenvalue weighted by atomic mass is 9.77. The van der Waals surface area contributed by atoms with Crippen molar-refractivity contribution in [2.75, 3.05) is 33.8 Å². The molecule has 1 aromatic heterocycles. The smallest absolute Gasteiger partial charge is 0.246 e. The Labute approximate surface area is 149 Å². The van der Waals surface area contributed by atoms with Crippen molar-refractivity contribution in [1.29, 1.82) is 0 Å². The maximum absolute atomic E-state index is 12.8. The molecule has 4 rings (SSSR count). The van der Waals surface area contributed by atoms with Crippen LogP contribution in [0.25, 0.3) is 0 Å². The molecular formula is C17H28N4O3S. The number of H-pyrrole nitrogens is 1. The molecule has 140 valence electrons. The van der Waals surface area contributed by atoms with Crippen molar-refractivity contribution in [3.63, 3.8) is 0 Å². The number of sulfonamides is 1. The molecule has 1 saturated heterocycles. The van der Waals surface area contributed by atoms with E-state index in [1.54, 1.807) is 4.31 Å². The first-order valence-corrected chi connectivity index (χ1v) is 10.7. The number of nitrogens with zero attached hydrogens (tertiary/aromatic N) is 3. The van der Waals surface area contributed by atoms with E-state index in [1.807, 2.05) is 0 Å². The van der Waals surface area contributed by atoms with Crippen LogP contribution in [0.15, 0.2) is 17.3 Å². The Hall–Kier alpha value is -0.960. The fourth-order valence-corrected chi connectivity index (χ4v) is 5.80. The van der Waals surface area contributed by atoms with Gasteiger partial charge in [-0.2, -0.15) is 9.40 Å². The van der Waals surface area contributed by atoms with E-state index in [0.717, 1.165) is 25.4 Å². The van der Waals surface area contributed by atoms with Crippen molar-refractivity contribution < 1.29 is 13.2 Å². The maximum Gasteiger partial charge on any atom is 0.246 e. The number of hydrogen-bond donors (Lipinski definition) is 1. The van der Waals surface area contributed by atoms with Crippen LogP contribution in [0.3, 0.4) is 0 Å². The molecule has 8 heteroatoms. The number of aromatic nitrogens is 2. The van der Waals surface area contributed by atoms with Crippen molar-refractivity contribution in [1.82, 2.24) is 19.4 Å². The van der Waals surface area contributed by atoms with E-state index in [1.165, 1.54) is 25.2 Å². The number of hydrogen-bond acceptors (Lipinski definition) is 5. The van der Waals surface area contributed by atoms with E-state index in [2.05, 4.69) is 29.2 Å². The fourth-order valence-electron chi connectivity index (χ4n) is 4.34. The molecule has 3 fully saturated rings. The summed E-state index contributed by atoms with van der Waals surface area (Å²) >= 11 is 0. The number of rotatable bonds is 6. The molecule has 2 heterocycles. The predicted molar refractivity (Wildman–Crippen MR) is 93.5 cm³/mol. The van der Waals surface area contributed by atoms with Crippen molar-refractivity contribution in [2.24, 2.45) is 17.8 Å². The second-order valence-electron chi connectivity index (χ2n) is 8.09. The van der Waals surface area contributed by atoms with Crippen LogP contribution < -0.4 is 0 Å². The first-order valence-electron chi connectivity index (χ1n) is 9.22. The molecule has 2 saturated carbocycles. The number of likely N-dealkylation sites (N-methyl/N-ethyl adjacent to an activating group) is 1. The predicted octanol–water partition coefficient (Wildman–Crippen LogP) is 1.17. The standard InChI is InChI=1S/C17H28N4O3S/c1-20(2)16-5-13-9-21(25(22,23)15-7-18-19-8-15)10-14(13)6-17(16)24-11-12-3-4-12/h7-8,12-14,16-17H,3-6,9-11H2,1-2H3,(H,18,19)/t13-,14+,16-,17-/m1/s1. The summed E-state index contributed by atoms with van der Waals surface area (Å²) in [6, 6.07) is 0.372. The molecule has 1 aliphatic heterocycles. The lowest BCUT2D eigenvalue weighted by Crippen LogP contribution is -2.48. The van der Waals surface area contributed by atoms with Gasteiger partial charge in [-0.3, -0.25) is 5.10 Å². The highest BCUT2D eigenvalue weighted by molar-refractivity contribution is 7.89. The highest BCUT2D eigenvalue weighted by Gasteiger charge is 2.46. The number of aromatic amines is 1. The van der Waals surface area contributed by atoms with Gasteiger partial charge in [-0.05, 0) is 57.5 Å². The van der Waals surface area contributed by atoms with E-state index in [0.29, 0.717) is 31.0 Å². The van der Waals surface area contributed by atoms with Crippen LogP contribution in [0.4, 0.5) is 0 Å². The van der Waals surface area contributed by atoms with Crippen LogP contribution in [0.5, 0.6) is 0 Å². The lowest BCUT2D eigenvalue weighted by Gasteiger charge is -2.41.